The molecule has 0 aromatic carbocycles. The summed E-state index contributed by atoms with van der Waals surface area (Å²) >= 11 is 1.87. The standard InChI is InChI=1S/C21H29N3O2S/c1-15(26-25)4-5-16-8-11-24(12-9-16)14-17-6-7-19-18(13-17)23-21-20(27-19)3-2-10-22-21/h2-3,10,13,15-16,25H,4-9,11-12,14H2,1H3,(H,22,23). The highest BCUT2D eigenvalue weighted by Gasteiger charge is 2.24. The van der Waals surface area contributed by atoms with Gasteiger partial charge in [-0.3, -0.25) is 10.2 Å². The molecule has 2 aliphatic heterocycles. The molecule has 1 saturated heterocycles. The van der Waals surface area contributed by atoms with Gasteiger partial charge in [-0.2, -0.15) is 0 Å². The lowest BCUT2D eigenvalue weighted by molar-refractivity contribution is -0.275. The normalized spacial score (nSPS) is 21.9. The van der Waals surface area contributed by atoms with E-state index in [9.17, 15) is 0 Å². The predicted octanol–water partition coefficient (Wildman–Crippen LogP) is 4.90. The van der Waals surface area contributed by atoms with E-state index in [1.54, 1.807) is 0 Å². The molecule has 27 heavy (non-hydrogen) atoms. The van der Waals surface area contributed by atoms with Gasteiger partial charge in [0.1, 0.15) is 5.82 Å². The number of rotatable bonds is 6. The third-order valence-corrected chi connectivity index (χ3v) is 7.09. The highest BCUT2D eigenvalue weighted by molar-refractivity contribution is 8.03. The number of allylic oxidation sites excluding steroid dienone is 2. The van der Waals surface area contributed by atoms with Crippen molar-refractivity contribution in [3.8, 4) is 0 Å². The molecule has 1 aromatic rings. The van der Waals surface area contributed by atoms with E-state index < -0.39 is 0 Å². The zero-order valence-electron chi connectivity index (χ0n) is 16.0. The number of nitrogens with one attached hydrogen (secondary N) is 1. The highest BCUT2D eigenvalue weighted by atomic mass is 32.2. The molecule has 0 bridgehead atoms. The molecular weight excluding hydrogens is 358 g/mol. The van der Waals surface area contributed by atoms with Crippen molar-refractivity contribution in [2.45, 2.75) is 56.4 Å². The number of hydrogen-bond acceptors (Lipinski definition) is 6. The van der Waals surface area contributed by atoms with Crippen molar-refractivity contribution in [2.24, 2.45) is 5.92 Å². The van der Waals surface area contributed by atoms with Crippen LogP contribution in [0.25, 0.3) is 0 Å². The minimum atomic E-state index is -0.0432. The van der Waals surface area contributed by atoms with Crippen LogP contribution in [0.3, 0.4) is 0 Å². The second-order valence-electron chi connectivity index (χ2n) is 7.93. The predicted molar refractivity (Wildman–Crippen MR) is 110 cm³/mol. The summed E-state index contributed by atoms with van der Waals surface area (Å²) in [6.07, 6.45) is 11.1. The molecule has 146 valence electrons. The van der Waals surface area contributed by atoms with E-state index in [2.05, 4.69) is 32.2 Å². The lowest BCUT2D eigenvalue weighted by Gasteiger charge is -2.34. The number of nitrogens with zero attached hydrogens (tertiary/aromatic N) is 2. The van der Waals surface area contributed by atoms with E-state index in [4.69, 9.17) is 5.26 Å². The van der Waals surface area contributed by atoms with Gasteiger partial charge in [0, 0.05) is 23.3 Å². The van der Waals surface area contributed by atoms with E-state index in [0.717, 1.165) is 44.0 Å². The molecule has 1 aliphatic carbocycles. The van der Waals surface area contributed by atoms with Gasteiger partial charge < -0.3 is 5.32 Å². The summed E-state index contributed by atoms with van der Waals surface area (Å²) in [5.74, 6) is 1.76. The fraction of sp³-hybridized carbons (Fsp3) is 0.571. The van der Waals surface area contributed by atoms with E-state index >= 15 is 0 Å². The van der Waals surface area contributed by atoms with Crippen LogP contribution in [0.2, 0.25) is 0 Å². The van der Waals surface area contributed by atoms with Crippen LogP contribution in [0.4, 0.5) is 5.82 Å². The maximum atomic E-state index is 8.70. The van der Waals surface area contributed by atoms with Crippen LogP contribution < -0.4 is 5.32 Å². The first-order chi connectivity index (χ1) is 13.2. The zero-order chi connectivity index (χ0) is 18.6. The number of piperidine rings is 1. The Morgan fingerprint density at radius 3 is 3.04 bits per heavy atom. The molecule has 4 rings (SSSR count). The fourth-order valence-corrected chi connectivity index (χ4v) is 5.21. The Bertz CT molecular complexity index is 726. The van der Waals surface area contributed by atoms with Crippen molar-refractivity contribution in [1.29, 1.82) is 0 Å². The Hall–Kier alpha value is -1.34. The Labute approximate surface area is 165 Å². The summed E-state index contributed by atoms with van der Waals surface area (Å²) in [6, 6.07) is 4.14. The monoisotopic (exact) mass is 387 g/mol. The maximum Gasteiger partial charge on any atom is 0.144 e. The van der Waals surface area contributed by atoms with E-state index in [-0.39, 0.29) is 6.10 Å². The van der Waals surface area contributed by atoms with Gasteiger partial charge in [0.25, 0.3) is 0 Å². The fourth-order valence-electron chi connectivity index (χ4n) is 4.17. The smallest absolute Gasteiger partial charge is 0.144 e. The summed E-state index contributed by atoms with van der Waals surface area (Å²) in [4.78, 5) is 14.1. The molecule has 0 saturated carbocycles. The van der Waals surface area contributed by atoms with Gasteiger partial charge in [0.05, 0.1) is 11.0 Å². The van der Waals surface area contributed by atoms with Crippen molar-refractivity contribution in [1.82, 2.24) is 9.88 Å². The summed E-state index contributed by atoms with van der Waals surface area (Å²) < 4.78 is 0. The zero-order valence-corrected chi connectivity index (χ0v) is 16.8. The van der Waals surface area contributed by atoms with Crippen molar-refractivity contribution >= 4 is 17.6 Å². The van der Waals surface area contributed by atoms with Crippen molar-refractivity contribution in [3.63, 3.8) is 0 Å². The molecule has 1 fully saturated rings. The van der Waals surface area contributed by atoms with Gasteiger partial charge in [-0.25, -0.2) is 9.87 Å². The van der Waals surface area contributed by atoms with Crippen LogP contribution in [0.1, 0.15) is 45.4 Å². The van der Waals surface area contributed by atoms with Crippen LogP contribution in [0.15, 0.2) is 45.5 Å². The molecule has 1 atom stereocenters. The Morgan fingerprint density at radius 2 is 2.22 bits per heavy atom. The van der Waals surface area contributed by atoms with Crippen molar-refractivity contribution in [3.05, 3.63) is 40.6 Å². The lowest BCUT2D eigenvalue weighted by Crippen LogP contribution is -2.35. The van der Waals surface area contributed by atoms with E-state index in [1.165, 1.54) is 47.0 Å². The van der Waals surface area contributed by atoms with Crippen LogP contribution in [0.5, 0.6) is 0 Å². The summed E-state index contributed by atoms with van der Waals surface area (Å²) in [5, 5.41) is 12.2. The van der Waals surface area contributed by atoms with Crippen molar-refractivity contribution in [2.75, 3.05) is 25.0 Å². The minimum Gasteiger partial charge on any atom is -0.339 e. The maximum absolute atomic E-state index is 8.70. The topological polar surface area (TPSA) is 57.6 Å². The van der Waals surface area contributed by atoms with Crippen LogP contribution in [-0.2, 0) is 4.89 Å². The van der Waals surface area contributed by atoms with Crippen LogP contribution in [0, 0.1) is 5.92 Å². The van der Waals surface area contributed by atoms with Crippen LogP contribution >= 0.6 is 11.8 Å². The molecule has 5 nitrogen and oxygen atoms in total. The largest absolute Gasteiger partial charge is 0.339 e. The van der Waals surface area contributed by atoms with Gasteiger partial charge in [-0.1, -0.05) is 17.3 Å². The first-order valence-corrected chi connectivity index (χ1v) is 10.9. The summed E-state index contributed by atoms with van der Waals surface area (Å²) in [6.45, 7) is 5.36. The Morgan fingerprint density at radius 1 is 1.37 bits per heavy atom. The minimum absolute atomic E-state index is 0.0432. The van der Waals surface area contributed by atoms with Crippen LogP contribution in [-0.4, -0.2) is 40.9 Å². The molecule has 1 unspecified atom stereocenters. The van der Waals surface area contributed by atoms with Gasteiger partial charge in [0.15, 0.2) is 0 Å². The van der Waals surface area contributed by atoms with E-state index in [1.807, 2.05) is 30.9 Å². The molecule has 3 heterocycles. The number of likely N-dealkylation sites (tertiary alicyclic amines) is 1. The number of fused-ring (bicyclic) bond motifs is 1. The molecule has 0 amide bonds. The molecule has 0 radical (unpaired) electrons. The molecule has 6 heteroatoms. The molecule has 2 N–H and O–H groups in total. The second kappa shape index (κ2) is 8.78. The number of aromatic nitrogens is 1. The third kappa shape index (κ3) is 4.74. The van der Waals surface area contributed by atoms with Gasteiger partial charge >= 0.3 is 0 Å². The number of anilines is 1. The Balaban J connectivity index is 1.29. The molecule has 0 spiro atoms. The van der Waals surface area contributed by atoms with E-state index in [0.29, 0.717) is 0 Å². The third-order valence-electron chi connectivity index (χ3n) is 5.87. The average molecular weight is 388 g/mol. The van der Waals surface area contributed by atoms with Crippen molar-refractivity contribution < 1.29 is 10.1 Å². The quantitative estimate of drug-likeness (QED) is 0.535. The second-order valence-corrected chi connectivity index (χ2v) is 9.07. The number of thioether (sulfide) groups is 1. The SMILES string of the molecule is CC(CCC1CCN(CC2=CC3=C(CC2)Sc2cccnc2N3)CC1)OO. The van der Waals surface area contributed by atoms with Gasteiger partial charge in [-0.05, 0) is 82.7 Å². The first-order valence-electron chi connectivity index (χ1n) is 10.1. The number of pyridine rings is 1. The summed E-state index contributed by atoms with van der Waals surface area (Å²) in [5.41, 5.74) is 2.78. The molecule has 3 aliphatic rings. The Kier molecular flexibility index (Phi) is 6.18. The molecular formula is C21H29N3O2S. The average Bonchev–Trinajstić information content (AvgIpc) is 2.71. The highest BCUT2D eigenvalue weighted by Crippen LogP contribution is 2.43. The lowest BCUT2D eigenvalue weighted by atomic mass is 9.90. The molecule has 1 aromatic heterocycles. The van der Waals surface area contributed by atoms with Gasteiger partial charge in [0.2, 0.25) is 0 Å². The van der Waals surface area contributed by atoms with Gasteiger partial charge in [-0.15, -0.1) is 0 Å². The first kappa shape index (κ1) is 19.0. The summed E-state index contributed by atoms with van der Waals surface area (Å²) in [7, 11) is 0. The number of hydrogen-bond donors (Lipinski definition) is 2.